The average Bonchev–Trinajstić information content (AvgIpc) is 2.97. The van der Waals surface area contributed by atoms with Gasteiger partial charge in [-0.25, -0.2) is 19.5 Å². The van der Waals surface area contributed by atoms with Gasteiger partial charge in [-0.15, -0.1) is 0 Å². The topological polar surface area (TPSA) is 155 Å². The van der Waals surface area contributed by atoms with Crippen LogP contribution < -0.4 is 35.3 Å². The van der Waals surface area contributed by atoms with Crippen molar-refractivity contribution in [3.63, 3.8) is 0 Å². The molecule has 2 aromatic rings. The molecule has 0 aromatic carbocycles. The third-order valence-corrected chi connectivity index (χ3v) is 5.23. The number of aromatic nitrogens is 4. The van der Waals surface area contributed by atoms with Crippen LogP contribution in [0.5, 0.6) is 0 Å². The molecule has 4 rings (SSSR count). The number of phosphoric acid groups is 1. The number of phosphoric ester groups is 1. The summed E-state index contributed by atoms with van der Waals surface area (Å²) in [7, 11) is -4.19. The van der Waals surface area contributed by atoms with Crippen molar-refractivity contribution in [1.29, 1.82) is 0 Å². The fourth-order valence-electron chi connectivity index (χ4n) is 2.67. The van der Waals surface area contributed by atoms with Gasteiger partial charge in [0, 0.05) is 0 Å². The number of ether oxygens (including phenoxy) is 1. The van der Waals surface area contributed by atoms with E-state index in [4.69, 9.17) is 19.5 Å². The van der Waals surface area contributed by atoms with E-state index in [0.29, 0.717) is 15.9 Å². The Bertz CT molecular complexity index is 837. The molecule has 2 saturated heterocycles. The number of rotatable bonds is 1. The van der Waals surface area contributed by atoms with Crippen molar-refractivity contribution in [3.05, 3.63) is 11.1 Å². The molecule has 0 aliphatic carbocycles. The zero-order valence-electron chi connectivity index (χ0n) is 12.3. The summed E-state index contributed by atoms with van der Waals surface area (Å²) in [5.41, 5.74) is 6.45. The molecule has 0 bridgehead atoms. The quantitative estimate of drug-likeness (QED) is 0.241. The summed E-state index contributed by atoms with van der Waals surface area (Å²) in [6.45, 7) is -0.173. The standard InChI is InChI=1S/C10H11BrN5O6P.Na/c11-10-15-4-7(12)13-2-14-8(4)16(10)9-5(17)6-3(21-9)1-20-23(18,19)22-6;/h2-3,5-6,9,17H,1H2,(H,18,19)(H2,12,13,14);/q;+1/t3-,5-,6-,9-;/m1./s1. The van der Waals surface area contributed by atoms with E-state index in [1.54, 1.807) is 0 Å². The molecule has 124 valence electrons. The molecule has 2 fully saturated rings. The number of nitrogens with zero attached hydrogens (tertiary/aromatic N) is 4. The predicted octanol–water partition coefficient (Wildman–Crippen LogP) is -3.05. The van der Waals surface area contributed by atoms with E-state index in [0.717, 1.165) is 0 Å². The maximum Gasteiger partial charge on any atom is 1.00 e. The van der Waals surface area contributed by atoms with Gasteiger partial charge in [-0.2, -0.15) is 0 Å². The number of anilines is 1. The second-order valence-electron chi connectivity index (χ2n) is 5.07. The van der Waals surface area contributed by atoms with Crippen LogP contribution in [-0.2, 0) is 18.3 Å². The van der Waals surface area contributed by atoms with Crippen molar-refractivity contribution in [2.24, 2.45) is 0 Å². The number of fused-ring (bicyclic) bond motifs is 2. The Hall–Kier alpha value is -0.140. The number of hydrogen-bond donors (Lipinski definition) is 3. The number of aliphatic hydroxyl groups is 1. The minimum atomic E-state index is -4.19. The van der Waals surface area contributed by atoms with E-state index < -0.39 is 32.4 Å². The molecule has 2 aliphatic heterocycles. The van der Waals surface area contributed by atoms with Crippen molar-refractivity contribution in [2.45, 2.75) is 24.5 Å². The van der Waals surface area contributed by atoms with Crippen LogP contribution in [0.2, 0.25) is 0 Å². The number of nitrogens with two attached hydrogens (primary N) is 1. The maximum atomic E-state index is 11.5. The van der Waals surface area contributed by atoms with Gasteiger partial charge in [0.15, 0.2) is 27.9 Å². The Morgan fingerprint density at radius 2 is 2.21 bits per heavy atom. The number of nitrogen functional groups attached to an aromatic ring is 1. The van der Waals surface area contributed by atoms with Crippen LogP contribution in [0, 0.1) is 0 Å². The van der Waals surface area contributed by atoms with Crippen molar-refractivity contribution in [1.82, 2.24) is 19.5 Å². The first-order chi connectivity index (χ1) is 10.9. The predicted molar refractivity (Wildman–Crippen MR) is 78.0 cm³/mol. The minimum Gasteiger partial charge on any atom is -0.386 e. The van der Waals surface area contributed by atoms with Gasteiger partial charge in [0.2, 0.25) is 0 Å². The largest absolute Gasteiger partial charge is 1.00 e. The summed E-state index contributed by atoms with van der Waals surface area (Å²) < 4.78 is 28.6. The van der Waals surface area contributed by atoms with Gasteiger partial charge in [0.1, 0.15) is 24.6 Å². The van der Waals surface area contributed by atoms with Gasteiger partial charge in [-0.1, -0.05) is 0 Å². The molecule has 2 aromatic heterocycles. The summed E-state index contributed by atoms with van der Waals surface area (Å²) in [5, 5.41) is 10.5. The van der Waals surface area contributed by atoms with Gasteiger partial charge in [0.25, 0.3) is 0 Å². The van der Waals surface area contributed by atoms with Gasteiger partial charge in [0.05, 0.1) is 6.61 Å². The van der Waals surface area contributed by atoms with E-state index >= 15 is 0 Å². The van der Waals surface area contributed by atoms with Crippen molar-refractivity contribution < 1.29 is 57.9 Å². The molecule has 4 N–H and O–H groups in total. The molecular formula is C10H11BrN5NaO6P+. The van der Waals surface area contributed by atoms with Gasteiger partial charge in [-0.05, 0) is 15.9 Å². The first-order valence-electron chi connectivity index (χ1n) is 6.50. The molecule has 5 atom stereocenters. The van der Waals surface area contributed by atoms with Crippen LogP contribution in [0.3, 0.4) is 0 Å². The molecule has 11 nitrogen and oxygen atoms in total. The molecule has 0 radical (unpaired) electrons. The molecule has 0 spiro atoms. The van der Waals surface area contributed by atoms with Gasteiger partial charge < -0.3 is 20.5 Å². The van der Waals surface area contributed by atoms with Crippen LogP contribution in [0.25, 0.3) is 11.2 Å². The number of imidazole rings is 1. The fourth-order valence-corrected chi connectivity index (χ4v) is 4.19. The zero-order chi connectivity index (χ0) is 16.4. The summed E-state index contributed by atoms with van der Waals surface area (Å²) in [6.07, 6.45) is -2.62. The normalized spacial score (nSPS) is 35.6. The number of aliphatic hydroxyl groups excluding tert-OH is 1. The van der Waals surface area contributed by atoms with Crippen LogP contribution in [0.1, 0.15) is 6.23 Å². The Morgan fingerprint density at radius 1 is 1.46 bits per heavy atom. The molecule has 24 heavy (non-hydrogen) atoms. The Balaban J connectivity index is 0.00000169. The smallest absolute Gasteiger partial charge is 0.386 e. The van der Waals surface area contributed by atoms with Crippen LogP contribution in [0.4, 0.5) is 5.82 Å². The van der Waals surface area contributed by atoms with Crippen LogP contribution in [-0.4, -0.2) is 54.4 Å². The molecule has 0 saturated carbocycles. The van der Waals surface area contributed by atoms with Crippen LogP contribution in [0.15, 0.2) is 11.1 Å². The van der Waals surface area contributed by atoms with E-state index in [2.05, 4.69) is 30.9 Å². The number of hydrogen-bond acceptors (Lipinski definition) is 9. The van der Waals surface area contributed by atoms with E-state index in [1.807, 2.05) is 0 Å². The molecule has 1 unspecified atom stereocenters. The summed E-state index contributed by atoms with van der Waals surface area (Å²) >= 11 is 3.26. The summed E-state index contributed by atoms with van der Waals surface area (Å²) in [4.78, 5) is 21.5. The first-order valence-corrected chi connectivity index (χ1v) is 8.79. The van der Waals surface area contributed by atoms with Gasteiger partial charge >= 0.3 is 37.4 Å². The van der Waals surface area contributed by atoms with Crippen LogP contribution >= 0.6 is 23.8 Å². The zero-order valence-corrected chi connectivity index (χ0v) is 16.8. The fraction of sp³-hybridized carbons (Fsp3) is 0.500. The summed E-state index contributed by atoms with van der Waals surface area (Å²) in [5.74, 6) is 0.179. The Morgan fingerprint density at radius 3 is 2.96 bits per heavy atom. The Kier molecular flexibility index (Phi) is 5.08. The number of halogens is 1. The monoisotopic (exact) mass is 430 g/mol. The molecular weight excluding hydrogens is 420 g/mol. The van der Waals surface area contributed by atoms with Gasteiger partial charge in [-0.3, -0.25) is 13.6 Å². The molecule has 0 amide bonds. The average molecular weight is 431 g/mol. The van der Waals surface area contributed by atoms with Crippen molar-refractivity contribution in [3.8, 4) is 0 Å². The third kappa shape index (κ3) is 2.94. The van der Waals surface area contributed by atoms with E-state index in [9.17, 15) is 14.6 Å². The SMILES string of the molecule is Nc1ncnc2c1nc(Br)n2[C@@H]1O[C@@H]2COP(=O)(O)O[C@H]2[C@H]1O.[Na+]. The third-order valence-electron chi connectivity index (χ3n) is 3.68. The van der Waals surface area contributed by atoms with Crippen molar-refractivity contribution >= 4 is 40.7 Å². The second-order valence-corrected chi connectivity index (χ2v) is 7.19. The first kappa shape index (κ1) is 18.6. The molecule has 14 heteroatoms. The minimum absolute atomic E-state index is 0. The maximum absolute atomic E-state index is 11.5. The molecule has 4 heterocycles. The van der Waals surface area contributed by atoms with E-state index in [1.165, 1.54) is 10.9 Å². The van der Waals surface area contributed by atoms with E-state index in [-0.39, 0.29) is 42.0 Å². The van der Waals surface area contributed by atoms with Crippen molar-refractivity contribution in [2.75, 3.05) is 12.3 Å². The summed E-state index contributed by atoms with van der Waals surface area (Å²) in [6, 6.07) is 0. The second kappa shape index (κ2) is 6.54. The Labute approximate surface area is 165 Å². The molecule has 2 aliphatic rings.